The topological polar surface area (TPSA) is 103 Å². The van der Waals surface area contributed by atoms with Crippen molar-refractivity contribution in [2.75, 3.05) is 26.6 Å². The fourth-order valence-corrected chi connectivity index (χ4v) is 3.25. The lowest BCUT2D eigenvalue weighted by Gasteiger charge is -2.18. The van der Waals surface area contributed by atoms with Crippen molar-refractivity contribution in [1.29, 1.82) is 0 Å². The highest BCUT2D eigenvalue weighted by Gasteiger charge is 2.23. The van der Waals surface area contributed by atoms with E-state index in [1.54, 1.807) is 32.2 Å². The molecule has 0 aliphatic carbocycles. The lowest BCUT2D eigenvalue weighted by Crippen LogP contribution is -2.43. The molecule has 0 saturated heterocycles. The second kappa shape index (κ2) is 12.3. The van der Waals surface area contributed by atoms with E-state index in [4.69, 9.17) is 14.2 Å². The first-order chi connectivity index (χ1) is 15.4. The Morgan fingerprint density at radius 1 is 0.906 bits per heavy atom. The van der Waals surface area contributed by atoms with Crippen LogP contribution in [0.5, 0.6) is 11.5 Å². The van der Waals surface area contributed by atoms with E-state index in [-0.39, 0.29) is 30.6 Å². The van der Waals surface area contributed by atoms with E-state index < -0.39 is 12.0 Å². The second-order valence-electron chi connectivity index (χ2n) is 7.46. The second-order valence-corrected chi connectivity index (χ2v) is 7.46. The van der Waals surface area contributed by atoms with Gasteiger partial charge in [0.2, 0.25) is 11.8 Å². The van der Waals surface area contributed by atoms with Crippen LogP contribution in [0.3, 0.4) is 0 Å². The summed E-state index contributed by atoms with van der Waals surface area (Å²) in [5, 5.41) is 5.51. The summed E-state index contributed by atoms with van der Waals surface area (Å²) in [7, 11) is 4.34. The number of hydrogen-bond donors (Lipinski definition) is 2. The van der Waals surface area contributed by atoms with Crippen LogP contribution < -0.4 is 20.1 Å². The van der Waals surface area contributed by atoms with Gasteiger partial charge in [-0.3, -0.25) is 9.59 Å². The molecule has 0 radical (unpaired) electrons. The first-order valence-corrected chi connectivity index (χ1v) is 10.3. The highest BCUT2D eigenvalue weighted by molar-refractivity contribution is 5.93. The predicted molar refractivity (Wildman–Crippen MR) is 121 cm³/mol. The van der Waals surface area contributed by atoms with Crippen LogP contribution in [0.15, 0.2) is 48.5 Å². The summed E-state index contributed by atoms with van der Waals surface area (Å²) >= 11 is 0. The monoisotopic (exact) mass is 442 g/mol. The van der Waals surface area contributed by atoms with Crippen LogP contribution in [-0.4, -0.2) is 45.2 Å². The molecular formula is C24H30N2O6. The number of esters is 1. The molecule has 0 unspecified atom stereocenters. The van der Waals surface area contributed by atoms with E-state index in [9.17, 15) is 14.4 Å². The number of anilines is 1. The quantitative estimate of drug-likeness (QED) is 0.519. The Labute approximate surface area is 188 Å². The van der Waals surface area contributed by atoms with Crippen molar-refractivity contribution in [2.24, 2.45) is 5.92 Å². The Morgan fingerprint density at radius 3 is 2.22 bits per heavy atom. The zero-order valence-electron chi connectivity index (χ0n) is 18.8. The molecule has 0 fully saturated rings. The van der Waals surface area contributed by atoms with Gasteiger partial charge in [0.1, 0.15) is 17.5 Å². The van der Waals surface area contributed by atoms with Crippen molar-refractivity contribution in [2.45, 2.75) is 32.2 Å². The van der Waals surface area contributed by atoms with Gasteiger partial charge in [-0.05, 0) is 23.6 Å². The molecule has 172 valence electrons. The van der Waals surface area contributed by atoms with Crippen molar-refractivity contribution in [1.82, 2.24) is 5.32 Å². The van der Waals surface area contributed by atoms with E-state index in [0.29, 0.717) is 23.6 Å². The molecule has 2 aromatic carbocycles. The van der Waals surface area contributed by atoms with E-state index >= 15 is 0 Å². The van der Waals surface area contributed by atoms with Crippen LogP contribution in [0.25, 0.3) is 0 Å². The van der Waals surface area contributed by atoms with Gasteiger partial charge >= 0.3 is 5.97 Å². The SMILES string of the molecule is COC(=O)[C@H](Cc1ccccc1)NC(=O)C[C@H](C)CC(=O)Nc1ccc(OC)cc1OC. The fraction of sp³-hybridized carbons (Fsp3) is 0.375. The van der Waals surface area contributed by atoms with Gasteiger partial charge in [0.15, 0.2) is 0 Å². The Morgan fingerprint density at radius 2 is 1.59 bits per heavy atom. The molecule has 0 aliphatic rings. The number of benzene rings is 2. The Balaban J connectivity index is 1.90. The number of ether oxygens (including phenoxy) is 3. The summed E-state index contributed by atoms with van der Waals surface area (Å²) < 4.78 is 15.3. The van der Waals surface area contributed by atoms with E-state index in [1.807, 2.05) is 30.3 Å². The van der Waals surface area contributed by atoms with Gasteiger partial charge in [0, 0.05) is 25.3 Å². The van der Waals surface area contributed by atoms with E-state index in [2.05, 4.69) is 10.6 Å². The number of hydrogen-bond acceptors (Lipinski definition) is 6. The van der Waals surface area contributed by atoms with Gasteiger partial charge in [-0.1, -0.05) is 37.3 Å². The minimum absolute atomic E-state index is 0.0927. The number of carbonyl (C=O) groups excluding carboxylic acids is 3. The molecule has 0 bridgehead atoms. The number of rotatable bonds is 11. The van der Waals surface area contributed by atoms with E-state index in [1.165, 1.54) is 14.2 Å². The van der Waals surface area contributed by atoms with Gasteiger partial charge in [-0.15, -0.1) is 0 Å². The third-order valence-corrected chi connectivity index (χ3v) is 4.85. The summed E-state index contributed by atoms with van der Waals surface area (Å²) in [6.07, 6.45) is 0.547. The molecule has 0 aliphatic heterocycles. The lowest BCUT2D eigenvalue weighted by atomic mass is 10.0. The summed E-state index contributed by atoms with van der Waals surface area (Å²) in [6.45, 7) is 1.80. The molecule has 2 aromatic rings. The number of nitrogens with one attached hydrogen (secondary N) is 2. The molecule has 8 nitrogen and oxygen atoms in total. The predicted octanol–water partition coefficient (Wildman–Crippen LogP) is 2.96. The minimum atomic E-state index is -0.792. The fourth-order valence-electron chi connectivity index (χ4n) is 3.25. The maximum Gasteiger partial charge on any atom is 0.328 e. The normalized spacial score (nSPS) is 12.2. The molecule has 2 amide bonds. The van der Waals surface area contributed by atoms with Gasteiger partial charge in [-0.25, -0.2) is 4.79 Å². The van der Waals surface area contributed by atoms with Crippen LogP contribution >= 0.6 is 0 Å². The highest BCUT2D eigenvalue weighted by atomic mass is 16.5. The standard InChI is InChI=1S/C24H30N2O6/c1-16(12-22(27)25-19-11-10-18(30-2)15-21(19)31-3)13-23(28)26-20(24(29)32-4)14-17-8-6-5-7-9-17/h5-11,15-16,20H,12-14H2,1-4H3,(H,25,27)(H,26,28)/t16-,20+/m1/s1. The molecule has 0 heterocycles. The first kappa shape index (κ1) is 24.7. The molecule has 2 atom stereocenters. The van der Waals surface area contributed by atoms with Gasteiger partial charge in [-0.2, -0.15) is 0 Å². The van der Waals surface area contributed by atoms with Crippen molar-refractivity contribution in [3.8, 4) is 11.5 Å². The van der Waals surface area contributed by atoms with Gasteiger partial charge in [0.25, 0.3) is 0 Å². The van der Waals surface area contributed by atoms with Crippen molar-refractivity contribution >= 4 is 23.5 Å². The molecule has 2 N–H and O–H groups in total. The van der Waals surface area contributed by atoms with Crippen molar-refractivity contribution in [3.05, 3.63) is 54.1 Å². The molecular weight excluding hydrogens is 412 g/mol. The van der Waals surface area contributed by atoms with Crippen LogP contribution in [0, 0.1) is 5.92 Å². The third-order valence-electron chi connectivity index (χ3n) is 4.85. The van der Waals surface area contributed by atoms with Crippen LogP contribution in [0.1, 0.15) is 25.3 Å². The average Bonchev–Trinajstić information content (AvgIpc) is 2.78. The maximum absolute atomic E-state index is 12.5. The lowest BCUT2D eigenvalue weighted by molar-refractivity contribution is -0.145. The minimum Gasteiger partial charge on any atom is -0.497 e. The zero-order chi connectivity index (χ0) is 23.5. The van der Waals surface area contributed by atoms with Gasteiger partial charge < -0.3 is 24.8 Å². The maximum atomic E-state index is 12.5. The molecule has 32 heavy (non-hydrogen) atoms. The van der Waals surface area contributed by atoms with E-state index in [0.717, 1.165) is 5.56 Å². The van der Waals surface area contributed by atoms with Crippen LogP contribution in [0.2, 0.25) is 0 Å². The summed E-state index contributed by atoms with van der Waals surface area (Å²) in [4.78, 5) is 37.0. The summed E-state index contributed by atoms with van der Waals surface area (Å²) in [5.74, 6) is -0.236. The Kier molecular flexibility index (Phi) is 9.53. The van der Waals surface area contributed by atoms with Crippen LogP contribution in [-0.2, 0) is 25.5 Å². The van der Waals surface area contributed by atoms with Crippen LogP contribution in [0.4, 0.5) is 5.69 Å². The smallest absolute Gasteiger partial charge is 0.328 e. The number of carbonyl (C=O) groups is 3. The highest BCUT2D eigenvalue weighted by Crippen LogP contribution is 2.29. The number of methoxy groups -OCH3 is 3. The molecule has 0 spiro atoms. The third kappa shape index (κ3) is 7.61. The summed E-state index contributed by atoms with van der Waals surface area (Å²) in [5.41, 5.74) is 1.42. The Bertz CT molecular complexity index is 916. The number of amides is 2. The molecule has 2 rings (SSSR count). The molecule has 0 aromatic heterocycles. The largest absolute Gasteiger partial charge is 0.497 e. The van der Waals surface area contributed by atoms with Crippen molar-refractivity contribution < 1.29 is 28.6 Å². The first-order valence-electron chi connectivity index (χ1n) is 10.3. The summed E-state index contributed by atoms with van der Waals surface area (Å²) in [6, 6.07) is 13.7. The van der Waals surface area contributed by atoms with Gasteiger partial charge in [0.05, 0.1) is 27.0 Å². The van der Waals surface area contributed by atoms with Crippen molar-refractivity contribution in [3.63, 3.8) is 0 Å². The average molecular weight is 443 g/mol. The zero-order valence-corrected chi connectivity index (χ0v) is 18.8. The molecule has 0 saturated carbocycles. The Hall–Kier alpha value is -3.55. The molecule has 8 heteroatoms.